The van der Waals surface area contributed by atoms with Gasteiger partial charge in [0.15, 0.2) is 10.8 Å². The van der Waals surface area contributed by atoms with E-state index in [9.17, 15) is 19.7 Å². The van der Waals surface area contributed by atoms with E-state index in [0.29, 0.717) is 16.3 Å². The molecule has 0 aliphatic rings. The standard InChI is InChI=1S/C17H15Cl2N7O5/c1-9-13(19)14(26(29)30)23-25(9)8-12-22-17(31-24-12)16(28)21-7-6-20-15(27)10-4-2-3-5-11(10)18/h2-5H,6-8H2,1H3,(H,20,27)(H,21,28). The minimum absolute atomic E-state index is 0.0781. The molecule has 3 rings (SSSR count). The van der Waals surface area contributed by atoms with Gasteiger partial charge in [0, 0.05) is 13.1 Å². The van der Waals surface area contributed by atoms with E-state index in [1.807, 2.05) is 0 Å². The highest BCUT2D eigenvalue weighted by Crippen LogP contribution is 2.26. The quantitative estimate of drug-likeness (QED) is 0.289. The van der Waals surface area contributed by atoms with Gasteiger partial charge >= 0.3 is 17.6 Å². The predicted octanol–water partition coefficient (Wildman–Crippen LogP) is 2.00. The van der Waals surface area contributed by atoms with Crippen molar-refractivity contribution in [3.63, 3.8) is 0 Å². The number of carbonyl (C=O) groups excluding carboxylic acids is 2. The van der Waals surface area contributed by atoms with E-state index in [0.717, 1.165) is 0 Å². The molecule has 2 aromatic heterocycles. The number of nitrogens with zero attached hydrogens (tertiary/aromatic N) is 5. The lowest BCUT2D eigenvalue weighted by atomic mass is 10.2. The third-order valence-electron chi connectivity index (χ3n) is 4.06. The smallest absolute Gasteiger partial charge is 0.358 e. The topological polar surface area (TPSA) is 158 Å². The minimum atomic E-state index is -0.703. The highest BCUT2D eigenvalue weighted by Gasteiger charge is 2.25. The van der Waals surface area contributed by atoms with Crippen LogP contribution in [0.25, 0.3) is 0 Å². The highest BCUT2D eigenvalue weighted by atomic mass is 35.5. The zero-order valence-electron chi connectivity index (χ0n) is 16.0. The van der Waals surface area contributed by atoms with Crippen LogP contribution in [0.2, 0.25) is 10.0 Å². The van der Waals surface area contributed by atoms with E-state index in [2.05, 4.69) is 25.9 Å². The van der Waals surface area contributed by atoms with Crippen LogP contribution in [0, 0.1) is 17.0 Å². The number of amides is 2. The minimum Gasteiger partial charge on any atom is -0.358 e. The van der Waals surface area contributed by atoms with Crippen LogP contribution in [0.3, 0.4) is 0 Å². The fraction of sp³-hybridized carbons (Fsp3) is 0.235. The van der Waals surface area contributed by atoms with E-state index in [1.54, 1.807) is 31.2 Å². The fourth-order valence-electron chi connectivity index (χ4n) is 2.49. The van der Waals surface area contributed by atoms with Crippen molar-refractivity contribution in [1.82, 2.24) is 30.6 Å². The van der Waals surface area contributed by atoms with Crippen molar-refractivity contribution >= 4 is 40.8 Å². The van der Waals surface area contributed by atoms with Crippen LogP contribution in [0.4, 0.5) is 5.82 Å². The van der Waals surface area contributed by atoms with Crippen molar-refractivity contribution in [3.8, 4) is 0 Å². The Hall–Kier alpha value is -3.51. The summed E-state index contributed by atoms with van der Waals surface area (Å²) in [6.45, 7) is 1.72. The molecule has 2 amide bonds. The lowest BCUT2D eigenvalue weighted by Crippen LogP contribution is -2.34. The first kappa shape index (κ1) is 22.2. The Balaban J connectivity index is 1.51. The van der Waals surface area contributed by atoms with Crippen molar-refractivity contribution < 1.29 is 19.0 Å². The van der Waals surface area contributed by atoms with E-state index >= 15 is 0 Å². The lowest BCUT2D eigenvalue weighted by Gasteiger charge is -2.06. The number of nitrogens with one attached hydrogen (secondary N) is 2. The molecule has 0 atom stereocenters. The molecule has 0 spiro atoms. The van der Waals surface area contributed by atoms with Crippen molar-refractivity contribution in [2.75, 3.05) is 13.1 Å². The summed E-state index contributed by atoms with van der Waals surface area (Å²) in [5.41, 5.74) is 0.671. The van der Waals surface area contributed by atoms with Gasteiger partial charge in [0.1, 0.15) is 6.54 Å². The van der Waals surface area contributed by atoms with Crippen LogP contribution in [0.1, 0.15) is 32.6 Å². The number of carbonyl (C=O) groups is 2. The number of benzene rings is 1. The largest absolute Gasteiger partial charge is 0.408 e. The molecule has 0 unspecified atom stereocenters. The van der Waals surface area contributed by atoms with E-state index in [1.165, 1.54) is 4.68 Å². The predicted molar refractivity (Wildman–Crippen MR) is 108 cm³/mol. The second-order valence-electron chi connectivity index (χ2n) is 6.15. The lowest BCUT2D eigenvalue weighted by molar-refractivity contribution is -0.389. The summed E-state index contributed by atoms with van der Waals surface area (Å²) in [4.78, 5) is 38.3. The van der Waals surface area contributed by atoms with Gasteiger partial charge in [0.2, 0.25) is 0 Å². The zero-order valence-corrected chi connectivity index (χ0v) is 17.5. The van der Waals surface area contributed by atoms with Crippen molar-refractivity contribution in [3.05, 3.63) is 67.4 Å². The monoisotopic (exact) mass is 467 g/mol. The fourth-order valence-corrected chi connectivity index (χ4v) is 2.92. The molecular formula is C17H15Cl2N7O5. The zero-order chi connectivity index (χ0) is 22.5. The highest BCUT2D eigenvalue weighted by molar-refractivity contribution is 6.34. The summed E-state index contributed by atoms with van der Waals surface area (Å²) in [6.07, 6.45) is 0. The third kappa shape index (κ3) is 5.16. The first-order chi connectivity index (χ1) is 14.8. The van der Waals surface area contributed by atoms with Gasteiger partial charge < -0.3 is 25.3 Å². The summed E-state index contributed by atoms with van der Waals surface area (Å²) in [7, 11) is 0. The Kier molecular flexibility index (Phi) is 6.82. The molecular weight excluding hydrogens is 453 g/mol. The van der Waals surface area contributed by atoms with Gasteiger partial charge in [-0.05, 0) is 24.0 Å². The molecule has 1 aromatic carbocycles. The average molecular weight is 468 g/mol. The number of hydrogen-bond donors (Lipinski definition) is 2. The maximum Gasteiger partial charge on any atom is 0.408 e. The molecule has 0 aliphatic heterocycles. The molecule has 0 radical (unpaired) electrons. The van der Waals surface area contributed by atoms with Gasteiger partial charge in [-0.25, -0.2) is 0 Å². The van der Waals surface area contributed by atoms with Gasteiger partial charge in [0.25, 0.3) is 5.91 Å². The second-order valence-corrected chi connectivity index (χ2v) is 6.93. The number of aromatic nitrogens is 4. The van der Waals surface area contributed by atoms with Crippen molar-refractivity contribution in [2.24, 2.45) is 0 Å². The second kappa shape index (κ2) is 9.53. The molecule has 14 heteroatoms. The van der Waals surface area contributed by atoms with Gasteiger partial charge in [-0.2, -0.15) is 9.67 Å². The molecule has 3 aromatic rings. The summed E-state index contributed by atoms with van der Waals surface area (Å²) in [5.74, 6) is -1.74. The van der Waals surface area contributed by atoms with E-state index in [-0.39, 0.29) is 42.3 Å². The van der Waals surface area contributed by atoms with Crippen LogP contribution in [0.5, 0.6) is 0 Å². The molecule has 12 nitrogen and oxygen atoms in total. The van der Waals surface area contributed by atoms with E-state index in [4.69, 9.17) is 27.7 Å². The summed E-state index contributed by atoms with van der Waals surface area (Å²) >= 11 is 11.8. The first-order valence-corrected chi connectivity index (χ1v) is 9.54. The van der Waals surface area contributed by atoms with Crippen molar-refractivity contribution in [2.45, 2.75) is 13.5 Å². The normalized spacial score (nSPS) is 10.7. The molecule has 162 valence electrons. The number of nitro groups is 1. The molecule has 2 heterocycles. The molecule has 0 bridgehead atoms. The van der Waals surface area contributed by atoms with Gasteiger partial charge in [0.05, 0.1) is 21.4 Å². The molecule has 31 heavy (non-hydrogen) atoms. The summed E-state index contributed by atoms with van der Waals surface area (Å²) in [5, 5.41) is 23.7. The molecule has 0 fully saturated rings. The Bertz CT molecular complexity index is 1140. The van der Waals surface area contributed by atoms with Gasteiger partial charge in [-0.1, -0.05) is 40.5 Å². The molecule has 2 N–H and O–H groups in total. The van der Waals surface area contributed by atoms with Crippen LogP contribution in [-0.2, 0) is 6.54 Å². The Morgan fingerprint density at radius 3 is 2.52 bits per heavy atom. The summed E-state index contributed by atoms with van der Waals surface area (Å²) < 4.78 is 6.13. The maximum atomic E-state index is 12.1. The first-order valence-electron chi connectivity index (χ1n) is 8.78. The van der Waals surface area contributed by atoms with Gasteiger partial charge in [-0.3, -0.25) is 9.59 Å². The third-order valence-corrected chi connectivity index (χ3v) is 4.83. The Morgan fingerprint density at radius 2 is 1.87 bits per heavy atom. The molecule has 0 aliphatic carbocycles. The van der Waals surface area contributed by atoms with Crippen molar-refractivity contribution in [1.29, 1.82) is 0 Å². The molecule has 0 saturated heterocycles. The number of halogens is 2. The van der Waals surface area contributed by atoms with Crippen LogP contribution >= 0.6 is 23.2 Å². The Labute approximate surface area is 184 Å². The van der Waals surface area contributed by atoms with Crippen LogP contribution < -0.4 is 10.6 Å². The Morgan fingerprint density at radius 1 is 1.19 bits per heavy atom. The summed E-state index contributed by atoms with van der Waals surface area (Å²) in [6, 6.07) is 6.58. The van der Waals surface area contributed by atoms with Gasteiger partial charge in [-0.15, -0.1) is 0 Å². The molecule has 0 saturated carbocycles. The number of hydrogen-bond acceptors (Lipinski definition) is 8. The van der Waals surface area contributed by atoms with E-state index < -0.39 is 16.6 Å². The van der Waals surface area contributed by atoms with Crippen LogP contribution in [-0.4, -0.2) is 49.7 Å². The number of rotatable bonds is 8. The SMILES string of the molecule is Cc1c(Cl)c([N+](=O)[O-])nn1Cc1noc(C(=O)NCCNC(=O)c2ccccc2Cl)n1. The average Bonchev–Trinajstić information content (AvgIpc) is 3.31. The maximum absolute atomic E-state index is 12.1. The van der Waals surface area contributed by atoms with Crippen LogP contribution in [0.15, 0.2) is 28.8 Å².